The van der Waals surface area contributed by atoms with Crippen LogP contribution in [0.3, 0.4) is 0 Å². The molecule has 1 saturated heterocycles. The van der Waals surface area contributed by atoms with Gasteiger partial charge in [-0.15, -0.1) is 12.4 Å². The molecule has 0 spiro atoms. The highest BCUT2D eigenvalue weighted by atomic mass is 35.5. The van der Waals surface area contributed by atoms with Gasteiger partial charge in [0.1, 0.15) is 5.82 Å². The van der Waals surface area contributed by atoms with E-state index >= 15 is 0 Å². The van der Waals surface area contributed by atoms with E-state index in [2.05, 4.69) is 22.7 Å². The molecule has 1 aliphatic rings. The lowest BCUT2D eigenvalue weighted by molar-refractivity contribution is 0.0924. The van der Waals surface area contributed by atoms with E-state index in [4.69, 9.17) is 0 Å². The zero-order valence-corrected chi connectivity index (χ0v) is 15.3. The molecule has 0 bridgehead atoms. The van der Waals surface area contributed by atoms with E-state index in [1.165, 1.54) is 12.1 Å². The van der Waals surface area contributed by atoms with Gasteiger partial charge >= 0.3 is 0 Å². The summed E-state index contributed by atoms with van der Waals surface area (Å²) in [7, 11) is 0. The Morgan fingerprint density at radius 1 is 1.40 bits per heavy atom. The maximum absolute atomic E-state index is 13.1. The zero-order valence-electron chi connectivity index (χ0n) is 14.5. The Balaban J connectivity index is 0.00000225. The van der Waals surface area contributed by atoms with Crippen LogP contribution in [0.4, 0.5) is 4.39 Å². The molecule has 2 unspecified atom stereocenters. The number of rotatable bonds is 4. The molecule has 0 aliphatic carbocycles. The predicted octanol–water partition coefficient (Wildman–Crippen LogP) is 2.87. The van der Waals surface area contributed by atoms with Gasteiger partial charge in [-0.25, -0.2) is 9.07 Å². The van der Waals surface area contributed by atoms with Crippen molar-refractivity contribution in [3.63, 3.8) is 0 Å². The van der Waals surface area contributed by atoms with Crippen molar-refractivity contribution in [2.75, 3.05) is 6.54 Å². The number of nitrogens with zero attached hydrogens (tertiary/aromatic N) is 2. The molecule has 2 heterocycles. The highest BCUT2D eigenvalue weighted by Gasteiger charge is 2.23. The van der Waals surface area contributed by atoms with Crippen LogP contribution in [0.25, 0.3) is 5.69 Å². The van der Waals surface area contributed by atoms with Crippen LogP contribution in [0, 0.1) is 5.82 Å². The van der Waals surface area contributed by atoms with Crippen LogP contribution in [0.2, 0.25) is 0 Å². The molecule has 3 rings (SSSR count). The number of hydrogen-bond acceptors (Lipinski definition) is 3. The van der Waals surface area contributed by atoms with Crippen molar-refractivity contribution in [1.29, 1.82) is 0 Å². The minimum atomic E-state index is -0.290. The Kier molecular flexibility index (Phi) is 6.56. The number of aromatic nitrogens is 2. The normalized spacial score (nSPS) is 20.0. The molecule has 1 aromatic heterocycles. The lowest BCUT2D eigenvalue weighted by Gasteiger charge is -2.28. The van der Waals surface area contributed by atoms with E-state index in [0.717, 1.165) is 30.8 Å². The molecule has 2 atom stereocenters. The van der Waals surface area contributed by atoms with E-state index in [1.807, 2.05) is 6.92 Å². The van der Waals surface area contributed by atoms with Crippen molar-refractivity contribution in [1.82, 2.24) is 20.4 Å². The molecule has 5 nitrogen and oxygen atoms in total. The summed E-state index contributed by atoms with van der Waals surface area (Å²) in [5.74, 6) is -0.374. The number of amides is 1. The quantitative estimate of drug-likeness (QED) is 0.874. The second kappa shape index (κ2) is 8.45. The van der Waals surface area contributed by atoms with Crippen molar-refractivity contribution < 1.29 is 9.18 Å². The lowest BCUT2D eigenvalue weighted by Crippen LogP contribution is -2.46. The summed E-state index contributed by atoms with van der Waals surface area (Å²) in [6.45, 7) is 5.03. The first-order valence-corrected chi connectivity index (χ1v) is 8.45. The van der Waals surface area contributed by atoms with Crippen LogP contribution in [0.1, 0.15) is 42.7 Å². The Bertz CT molecular complexity index is 716. The third kappa shape index (κ3) is 4.38. The average molecular weight is 367 g/mol. The van der Waals surface area contributed by atoms with Gasteiger partial charge in [-0.3, -0.25) is 4.79 Å². The monoisotopic (exact) mass is 366 g/mol. The van der Waals surface area contributed by atoms with E-state index in [0.29, 0.717) is 18.0 Å². The molecule has 25 heavy (non-hydrogen) atoms. The molecular weight excluding hydrogens is 343 g/mol. The van der Waals surface area contributed by atoms with Crippen LogP contribution < -0.4 is 10.6 Å². The SMILES string of the molecule is CCc1c(C(=O)NC2CCNC(C)C2)cnn1-c1ccc(F)cc1.Cl. The van der Waals surface area contributed by atoms with Gasteiger partial charge in [0.25, 0.3) is 5.91 Å². The van der Waals surface area contributed by atoms with Gasteiger partial charge in [0, 0.05) is 12.1 Å². The van der Waals surface area contributed by atoms with Crippen LogP contribution in [0.15, 0.2) is 30.5 Å². The molecule has 1 fully saturated rings. The van der Waals surface area contributed by atoms with Crippen LogP contribution in [-0.4, -0.2) is 34.3 Å². The van der Waals surface area contributed by atoms with Crippen molar-refractivity contribution in [2.45, 2.75) is 45.2 Å². The largest absolute Gasteiger partial charge is 0.349 e. The lowest BCUT2D eigenvalue weighted by atomic mass is 10.00. The second-order valence-corrected chi connectivity index (χ2v) is 6.30. The van der Waals surface area contributed by atoms with Crippen molar-refractivity contribution >= 4 is 18.3 Å². The number of carbonyl (C=O) groups is 1. The first kappa shape index (κ1) is 19.4. The smallest absolute Gasteiger partial charge is 0.254 e. The van der Waals surface area contributed by atoms with Crippen molar-refractivity contribution in [3.05, 3.63) is 47.5 Å². The van der Waals surface area contributed by atoms with Gasteiger partial charge < -0.3 is 10.6 Å². The Hall–Kier alpha value is -1.92. The Morgan fingerprint density at radius 3 is 2.76 bits per heavy atom. The van der Waals surface area contributed by atoms with Gasteiger partial charge in [0.15, 0.2) is 0 Å². The molecule has 0 radical (unpaired) electrons. The fourth-order valence-electron chi connectivity index (χ4n) is 3.23. The topological polar surface area (TPSA) is 59.0 Å². The van der Waals surface area contributed by atoms with E-state index < -0.39 is 0 Å². The van der Waals surface area contributed by atoms with Gasteiger partial charge in [0.05, 0.1) is 23.1 Å². The summed E-state index contributed by atoms with van der Waals surface area (Å²) >= 11 is 0. The van der Waals surface area contributed by atoms with E-state index in [9.17, 15) is 9.18 Å². The maximum Gasteiger partial charge on any atom is 0.254 e. The standard InChI is InChI=1S/C18H23FN4O.ClH/c1-3-17-16(18(24)22-14-8-9-20-12(2)10-14)11-21-23(17)15-6-4-13(19)5-7-15;/h4-7,11-12,14,20H,3,8-10H2,1-2H3,(H,22,24);1H. The maximum atomic E-state index is 13.1. The number of nitrogens with one attached hydrogen (secondary N) is 2. The molecule has 2 N–H and O–H groups in total. The fourth-order valence-corrected chi connectivity index (χ4v) is 3.23. The number of piperidine rings is 1. The molecule has 1 aromatic carbocycles. The molecule has 136 valence electrons. The predicted molar refractivity (Wildman–Crippen MR) is 98.1 cm³/mol. The van der Waals surface area contributed by atoms with Gasteiger partial charge in [-0.1, -0.05) is 6.92 Å². The number of carbonyl (C=O) groups excluding carboxylic acids is 1. The molecule has 2 aromatic rings. The summed E-state index contributed by atoms with van der Waals surface area (Å²) in [5, 5.41) is 10.8. The third-order valence-electron chi connectivity index (χ3n) is 4.48. The number of hydrogen-bond donors (Lipinski definition) is 2. The molecule has 7 heteroatoms. The molecular formula is C18H24ClFN4O. The minimum absolute atomic E-state index is 0. The number of benzene rings is 1. The highest BCUT2D eigenvalue weighted by Crippen LogP contribution is 2.17. The molecule has 1 aliphatic heterocycles. The number of halogens is 2. The van der Waals surface area contributed by atoms with Gasteiger partial charge in [-0.05, 0) is 57.0 Å². The third-order valence-corrected chi connectivity index (χ3v) is 4.48. The first-order chi connectivity index (χ1) is 11.6. The van der Waals surface area contributed by atoms with Crippen LogP contribution >= 0.6 is 12.4 Å². The highest BCUT2D eigenvalue weighted by molar-refractivity contribution is 5.95. The average Bonchev–Trinajstić information content (AvgIpc) is 2.99. The van der Waals surface area contributed by atoms with Crippen molar-refractivity contribution in [3.8, 4) is 5.69 Å². The van der Waals surface area contributed by atoms with Crippen molar-refractivity contribution in [2.24, 2.45) is 0 Å². The zero-order chi connectivity index (χ0) is 17.1. The minimum Gasteiger partial charge on any atom is -0.349 e. The first-order valence-electron chi connectivity index (χ1n) is 8.45. The summed E-state index contributed by atoms with van der Waals surface area (Å²) in [5.41, 5.74) is 2.18. The second-order valence-electron chi connectivity index (χ2n) is 6.30. The summed E-state index contributed by atoms with van der Waals surface area (Å²) in [6, 6.07) is 6.72. The molecule has 1 amide bonds. The Labute approximate surface area is 153 Å². The van der Waals surface area contributed by atoms with Crippen LogP contribution in [0.5, 0.6) is 0 Å². The van der Waals surface area contributed by atoms with Crippen LogP contribution in [-0.2, 0) is 6.42 Å². The van der Waals surface area contributed by atoms with Gasteiger partial charge in [-0.2, -0.15) is 5.10 Å². The fraction of sp³-hybridized carbons (Fsp3) is 0.444. The van der Waals surface area contributed by atoms with E-state index in [1.54, 1.807) is 23.0 Å². The van der Waals surface area contributed by atoms with E-state index in [-0.39, 0.29) is 30.2 Å². The summed E-state index contributed by atoms with van der Waals surface area (Å²) in [4.78, 5) is 12.7. The molecule has 0 saturated carbocycles. The Morgan fingerprint density at radius 2 is 2.12 bits per heavy atom. The summed E-state index contributed by atoms with van der Waals surface area (Å²) < 4.78 is 14.8. The summed E-state index contributed by atoms with van der Waals surface area (Å²) in [6.07, 6.45) is 4.13. The van der Waals surface area contributed by atoms with Gasteiger partial charge in [0.2, 0.25) is 0 Å².